The maximum atomic E-state index is 12.1. The van der Waals surface area contributed by atoms with Crippen molar-refractivity contribution in [1.29, 1.82) is 0 Å². The van der Waals surface area contributed by atoms with Gasteiger partial charge in [0.05, 0.1) is 12.1 Å². The molecule has 2 nitrogen and oxygen atoms in total. The molecular formula is C15H23NOS2. The maximum absolute atomic E-state index is 12.1. The Morgan fingerprint density at radius 1 is 1.37 bits per heavy atom. The Balaban J connectivity index is 1.86. The third-order valence-corrected chi connectivity index (χ3v) is 5.42. The first-order valence-electron chi connectivity index (χ1n) is 6.99. The first-order valence-corrected chi connectivity index (χ1v) is 9.03. The van der Waals surface area contributed by atoms with E-state index in [1.54, 1.807) is 11.3 Å². The fourth-order valence-electron chi connectivity index (χ4n) is 2.25. The second-order valence-corrected chi connectivity index (χ2v) is 8.52. The van der Waals surface area contributed by atoms with E-state index in [0.29, 0.717) is 18.1 Å². The number of hydrogen-bond acceptors (Lipinski definition) is 4. The summed E-state index contributed by atoms with van der Waals surface area (Å²) in [6.07, 6.45) is 3.71. The average molecular weight is 297 g/mol. The Hall–Kier alpha value is -0.350. The number of nitrogens with zero attached hydrogens (tertiary/aromatic N) is 1. The molecule has 0 spiro atoms. The van der Waals surface area contributed by atoms with Gasteiger partial charge in [-0.1, -0.05) is 20.8 Å². The van der Waals surface area contributed by atoms with Crippen molar-refractivity contribution in [3.8, 4) is 0 Å². The molecule has 106 valence electrons. The van der Waals surface area contributed by atoms with Crippen LogP contribution in [0.4, 0.5) is 0 Å². The molecule has 1 aliphatic rings. The average Bonchev–Trinajstić information content (AvgIpc) is 2.78. The van der Waals surface area contributed by atoms with E-state index >= 15 is 0 Å². The Morgan fingerprint density at radius 3 is 2.63 bits per heavy atom. The summed E-state index contributed by atoms with van der Waals surface area (Å²) in [4.78, 5) is 16.7. The number of thiazole rings is 1. The third kappa shape index (κ3) is 4.60. The van der Waals surface area contributed by atoms with Gasteiger partial charge in [0.2, 0.25) is 0 Å². The SMILES string of the molecule is CC(C)(C)c1csc(CC(=O)CC2CCSCC2)n1. The quantitative estimate of drug-likeness (QED) is 0.838. The minimum Gasteiger partial charge on any atom is -0.299 e. The fourth-order valence-corrected chi connectivity index (χ4v) is 4.50. The van der Waals surface area contributed by atoms with Gasteiger partial charge >= 0.3 is 0 Å². The molecule has 4 heteroatoms. The zero-order chi connectivity index (χ0) is 13.9. The minimum atomic E-state index is 0.0817. The number of rotatable bonds is 4. The van der Waals surface area contributed by atoms with Gasteiger partial charge in [0.25, 0.3) is 0 Å². The van der Waals surface area contributed by atoms with Crippen LogP contribution in [0.5, 0.6) is 0 Å². The summed E-state index contributed by atoms with van der Waals surface area (Å²) in [6, 6.07) is 0. The number of carbonyl (C=O) groups is 1. The number of Topliss-reactive ketones (excluding diaryl/α,β-unsaturated/α-hetero) is 1. The van der Waals surface area contributed by atoms with Crippen molar-refractivity contribution in [2.45, 2.75) is 51.9 Å². The number of carbonyl (C=O) groups excluding carboxylic acids is 1. The highest BCUT2D eigenvalue weighted by atomic mass is 32.2. The molecule has 0 radical (unpaired) electrons. The maximum Gasteiger partial charge on any atom is 0.139 e. The highest BCUT2D eigenvalue weighted by Crippen LogP contribution is 2.27. The molecule has 0 aromatic carbocycles. The van der Waals surface area contributed by atoms with Gasteiger partial charge in [-0.05, 0) is 30.3 Å². The molecular weight excluding hydrogens is 274 g/mol. The van der Waals surface area contributed by atoms with Crippen LogP contribution in [0.25, 0.3) is 0 Å². The van der Waals surface area contributed by atoms with Crippen molar-refractivity contribution in [3.63, 3.8) is 0 Å². The second kappa shape index (κ2) is 6.40. The fraction of sp³-hybridized carbons (Fsp3) is 0.733. The van der Waals surface area contributed by atoms with E-state index in [1.807, 2.05) is 11.8 Å². The normalized spacial score (nSPS) is 17.6. The second-order valence-electron chi connectivity index (χ2n) is 6.35. The van der Waals surface area contributed by atoms with Gasteiger partial charge in [-0.15, -0.1) is 11.3 Å². The van der Waals surface area contributed by atoms with Crippen LogP contribution in [0.2, 0.25) is 0 Å². The van der Waals surface area contributed by atoms with Gasteiger partial charge in [-0.25, -0.2) is 4.98 Å². The monoisotopic (exact) mass is 297 g/mol. The molecule has 0 N–H and O–H groups in total. The molecule has 0 saturated carbocycles. The van der Waals surface area contributed by atoms with Crippen LogP contribution in [0.1, 0.15) is 50.7 Å². The molecule has 0 amide bonds. The van der Waals surface area contributed by atoms with Gasteiger partial charge in [-0.2, -0.15) is 11.8 Å². The largest absolute Gasteiger partial charge is 0.299 e. The molecule has 19 heavy (non-hydrogen) atoms. The van der Waals surface area contributed by atoms with Crippen LogP contribution < -0.4 is 0 Å². The molecule has 0 aliphatic carbocycles. The summed E-state index contributed by atoms with van der Waals surface area (Å²) < 4.78 is 0. The van der Waals surface area contributed by atoms with Gasteiger partial charge < -0.3 is 0 Å². The summed E-state index contributed by atoms with van der Waals surface area (Å²) >= 11 is 3.64. The molecule has 2 heterocycles. The number of aromatic nitrogens is 1. The van der Waals surface area contributed by atoms with E-state index in [1.165, 1.54) is 24.3 Å². The lowest BCUT2D eigenvalue weighted by atomic mass is 9.93. The lowest BCUT2D eigenvalue weighted by molar-refractivity contribution is -0.119. The van der Waals surface area contributed by atoms with E-state index in [9.17, 15) is 4.79 Å². The van der Waals surface area contributed by atoms with Crippen LogP contribution >= 0.6 is 23.1 Å². The Morgan fingerprint density at radius 2 is 2.05 bits per heavy atom. The summed E-state index contributed by atoms with van der Waals surface area (Å²) in [6.45, 7) is 6.48. The molecule has 1 fully saturated rings. The number of hydrogen-bond donors (Lipinski definition) is 0. The van der Waals surface area contributed by atoms with Gasteiger partial charge in [0.1, 0.15) is 10.8 Å². The number of ketones is 1. The molecule has 0 unspecified atom stereocenters. The van der Waals surface area contributed by atoms with Crippen molar-refractivity contribution in [2.75, 3.05) is 11.5 Å². The third-order valence-electron chi connectivity index (χ3n) is 3.53. The highest BCUT2D eigenvalue weighted by molar-refractivity contribution is 7.99. The van der Waals surface area contributed by atoms with Crippen LogP contribution in [0, 0.1) is 5.92 Å². The lowest BCUT2D eigenvalue weighted by Gasteiger charge is -2.20. The molecule has 2 rings (SSSR count). The molecule has 0 atom stereocenters. The zero-order valence-electron chi connectivity index (χ0n) is 12.1. The minimum absolute atomic E-state index is 0.0817. The smallest absolute Gasteiger partial charge is 0.139 e. The van der Waals surface area contributed by atoms with Crippen LogP contribution in [0.3, 0.4) is 0 Å². The van der Waals surface area contributed by atoms with Crippen molar-refractivity contribution in [2.24, 2.45) is 5.92 Å². The van der Waals surface area contributed by atoms with Crippen molar-refractivity contribution >= 4 is 28.9 Å². The zero-order valence-corrected chi connectivity index (χ0v) is 13.7. The van der Waals surface area contributed by atoms with Gasteiger partial charge in [0, 0.05) is 17.2 Å². The van der Waals surface area contributed by atoms with Crippen molar-refractivity contribution in [1.82, 2.24) is 4.98 Å². The molecule has 1 aromatic heterocycles. The Kier molecular flexibility index (Phi) is 5.07. The standard InChI is InChI=1S/C15H23NOS2/c1-15(2,3)13-10-19-14(16-13)9-12(17)8-11-4-6-18-7-5-11/h10-11H,4-9H2,1-3H3. The Labute approximate surface area is 124 Å². The van der Waals surface area contributed by atoms with E-state index in [4.69, 9.17) is 0 Å². The lowest BCUT2D eigenvalue weighted by Crippen LogP contribution is -2.16. The first kappa shape index (κ1) is 15.0. The Bertz CT molecular complexity index is 428. The highest BCUT2D eigenvalue weighted by Gasteiger charge is 2.20. The van der Waals surface area contributed by atoms with Gasteiger partial charge in [-0.3, -0.25) is 4.79 Å². The predicted molar refractivity (Wildman–Crippen MR) is 84.2 cm³/mol. The molecule has 1 aromatic rings. The van der Waals surface area contributed by atoms with E-state index in [2.05, 4.69) is 31.1 Å². The topological polar surface area (TPSA) is 30.0 Å². The summed E-state index contributed by atoms with van der Waals surface area (Å²) in [7, 11) is 0. The van der Waals surface area contributed by atoms with Gasteiger partial charge in [0.15, 0.2) is 0 Å². The van der Waals surface area contributed by atoms with E-state index in [-0.39, 0.29) is 5.41 Å². The van der Waals surface area contributed by atoms with Crippen LogP contribution in [0.15, 0.2) is 5.38 Å². The van der Waals surface area contributed by atoms with Crippen molar-refractivity contribution < 1.29 is 4.79 Å². The number of thioether (sulfide) groups is 1. The first-order chi connectivity index (χ1) is 8.95. The van der Waals surface area contributed by atoms with E-state index in [0.717, 1.165) is 17.1 Å². The summed E-state index contributed by atoms with van der Waals surface area (Å²) in [5.74, 6) is 3.44. The molecule has 0 bridgehead atoms. The van der Waals surface area contributed by atoms with Crippen LogP contribution in [-0.2, 0) is 16.6 Å². The summed E-state index contributed by atoms with van der Waals surface area (Å²) in [5, 5.41) is 3.08. The summed E-state index contributed by atoms with van der Waals surface area (Å²) in [5.41, 5.74) is 1.19. The van der Waals surface area contributed by atoms with Crippen molar-refractivity contribution in [3.05, 3.63) is 16.1 Å². The predicted octanol–water partition coefficient (Wildman–Crippen LogP) is 4.09. The molecule has 1 saturated heterocycles. The van der Waals surface area contributed by atoms with E-state index < -0.39 is 0 Å². The molecule has 1 aliphatic heterocycles. The van der Waals surface area contributed by atoms with Crippen LogP contribution in [-0.4, -0.2) is 22.3 Å².